The molecule has 0 fully saturated rings. The average molecular weight is 342 g/mol. The maximum Gasteiger partial charge on any atom is 0.247 e. The van der Waals surface area contributed by atoms with Crippen LogP contribution in [-0.4, -0.2) is 22.5 Å². The van der Waals surface area contributed by atoms with Crippen molar-refractivity contribution in [2.24, 2.45) is 5.16 Å². The van der Waals surface area contributed by atoms with Gasteiger partial charge in [0.2, 0.25) is 11.8 Å². The number of rotatable bonds is 6. The van der Waals surface area contributed by atoms with Crippen LogP contribution in [0.3, 0.4) is 0 Å². The first-order valence-corrected chi connectivity index (χ1v) is 7.90. The maximum absolute atomic E-state index is 5.86. The molecule has 1 aromatic heterocycles. The lowest BCUT2D eigenvalue weighted by Gasteiger charge is -2.01. The molecule has 1 heterocycles. The number of hydrogen-bond donors (Lipinski definition) is 0. The third kappa shape index (κ3) is 4.20. The minimum absolute atomic E-state index is 0.367. The molecule has 5 nitrogen and oxygen atoms in total. The maximum atomic E-state index is 5.86. The van der Waals surface area contributed by atoms with Crippen molar-refractivity contribution in [2.75, 3.05) is 6.61 Å². The largest absolute Gasteiger partial charge is 0.421 e. The van der Waals surface area contributed by atoms with Crippen molar-refractivity contribution in [3.63, 3.8) is 0 Å². The minimum atomic E-state index is 0.367. The van der Waals surface area contributed by atoms with Crippen molar-refractivity contribution >= 4 is 17.3 Å². The summed E-state index contributed by atoms with van der Waals surface area (Å²) < 4.78 is 5.61. The second-order valence-corrected chi connectivity index (χ2v) is 5.57. The number of benzene rings is 2. The molecular formula is C18H16ClN3O2. The molecule has 0 N–H and O–H groups in total. The zero-order chi connectivity index (χ0) is 16.8. The second-order valence-electron chi connectivity index (χ2n) is 5.13. The summed E-state index contributed by atoms with van der Waals surface area (Å²) in [5.41, 5.74) is 2.68. The molecule has 3 aromatic rings. The van der Waals surface area contributed by atoms with E-state index in [0.717, 1.165) is 16.8 Å². The predicted octanol–water partition coefficient (Wildman–Crippen LogP) is 4.37. The van der Waals surface area contributed by atoms with Crippen LogP contribution in [-0.2, 0) is 11.3 Å². The van der Waals surface area contributed by atoms with E-state index in [9.17, 15) is 0 Å². The fourth-order valence-electron chi connectivity index (χ4n) is 2.07. The molecule has 0 aliphatic carbocycles. The molecule has 3 rings (SSSR count). The van der Waals surface area contributed by atoms with Crippen molar-refractivity contribution in [3.05, 3.63) is 71.1 Å². The summed E-state index contributed by atoms with van der Waals surface area (Å²) in [5, 5.41) is 12.8. The summed E-state index contributed by atoms with van der Waals surface area (Å²) in [7, 11) is 0. The van der Waals surface area contributed by atoms with Gasteiger partial charge in [0.25, 0.3) is 0 Å². The van der Waals surface area contributed by atoms with Gasteiger partial charge in [0.1, 0.15) is 6.61 Å². The lowest BCUT2D eigenvalue weighted by Crippen LogP contribution is -1.99. The van der Waals surface area contributed by atoms with E-state index in [0.29, 0.717) is 29.8 Å². The first kappa shape index (κ1) is 16.2. The number of nitrogens with zero attached hydrogens (tertiary/aromatic N) is 3. The molecule has 6 heteroatoms. The highest BCUT2D eigenvalue weighted by molar-refractivity contribution is 6.30. The van der Waals surface area contributed by atoms with E-state index < -0.39 is 0 Å². The van der Waals surface area contributed by atoms with Crippen LogP contribution in [0, 0.1) is 0 Å². The highest BCUT2D eigenvalue weighted by Gasteiger charge is 2.08. The second kappa shape index (κ2) is 7.75. The van der Waals surface area contributed by atoms with Gasteiger partial charge in [-0.05, 0) is 36.8 Å². The summed E-state index contributed by atoms with van der Waals surface area (Å²) in [5.74, 6) is 0.971. The molecule has 0 radical (unpaired) electrons. The molecular weight excluding hydrogens is 326 g/mol. The molecule has 2 aromatic carbocycles. The van der Waals surface area contributed by atoms with Gasteiger partial charge in [0.15, 0.2) is 0 Å². The van der Waals surface area contributed by atoms with Gasteiger partial charge in [-0.2, -0.15) is 0 Å². The van der Waals surface area contributed by atoms with Gasteiger partial charge in [-0.1, -0.05) is 47.1 Å². The summed E-state index contributed by atoms with van der Waals surface area (Å²) in [6.45, 7) is 2.27. The Hall–Kier alpha value is -2.66. The van der Waals surface area contributed by atoms with Crippen molar-refractivity contribution in [3.8, 4) is 11.5 Å². The molecule has 0 bridgehead atoms. The highest BCUT2D eigenvalue weighted by atomic mass is 35.5. The SMILES string of the molecule is C/C(=N\OCCc1nnc(-c2ccc(Cl)cc2)o1)c1ccccc1. The van der Waals surface area contributed by atoms with Gasteiger partial charge >= 0.3 is 0 Å². The molecule has 0 atom stereocenters. The topological polar surface area (TPSA) is 60.5 Å². The van der Waals surface area contributed by atoms with E-state index in [1.165, 1.54) is 0 Å². The van der Waals surface area contributed by atoms with Gasteiger partial charge in [-0.25, -0.2) is 0 Å². The summed E-state index contributed by atoms with van der Waals surface area (Å²) in [6.07, 6.45) is 0.492. The Kier molecular flexibility index (Phi) is 5.23. The molecule has 122 valence electrons. The zero-order valence-corrected chi connectivity index (χ0v) is 13.9. The first-order valence-electron chi connectivity index (χ1n) is 7.52. The quantitative estimate of drug-likeness (QED) is 0.379. The standard InChI is InChI=1S/C18H16ClN3O2/c1-13(14-5-3-2-4-6-14)22-23-12-11-17-20-21-18(24-17)15-7-9-16(19)10-8-15/h2-10H,11-12H2,1H3/b22-13+. The van der Waals surface area contributed by atoms with E-state index in [-0.39, 0.29) is 0 Å². The Labute approximate surface area is 144 Å². The van der Waals surface area contributed by atoms with Crippen molar-refractivity contribution in [1.29, 1.82) is 0 Å². The van der Waals surface area contributed by atoms with Gasteiger partial charge in [-0.3, -0.25) is 0 Å². The Morgan fingerprint density at radius 1 is 1.08 bits per heavy atom. The Morgan fingerprint density at radius 2 is 1.83 bits per heavy atom. The highest BCUT2D eigenvalue weighted by Crippen LogP contribution is 2.20. The molecule has 0 aliphatic heterocycles. The molecule has 0 saturated heterocycles. The van der Waals surface area contributed by atoms with E-state index in [2.05, 4.69) is 15.4 Å². The van der Waals surface area contributed by atoms with Crippen LogP contribution in [0.1, 0.15) is 18.4 Å². The normalized spacial score (nSPS) is 11.5. The lowest BCUT2D eigenvalue weighted by atomic mass is 10.1. The van der Waals surface area contributed by atoms with E-state index >= 15 is 0 Å². The van der Waals surface area contributed by atoms with Crippen LogP contribution < -0.4 is 0 Å². The monoisotopic (exact) mass is 341 g/mol. The van der Waals surface area contributed by atoms with Crippen molar-refractivity contribution in [1.82, 2.24) is 10.2 Å². The number of oxime groups is 1. The zero-order valence-electron chi connectivity index (χ0n) is 13.1. The van der Waals surface area contributed by atoms with Crippen LogP contribution in [0.5, 0.6) is 0 Å². The van der Waals surface area contributed by atoms with Gasteiger partial charge in [0.05, 0.1) is 12.1 Å². The van der Waals surface area contributed by atoms with Crippen molar-refractivity contribution < 1.29 is 9.25 Å². The smallest absolute Gasteiger partial charge is 0.247 e. The summed E-state index contributed by atoms with van der Waals surface area (Å²) in [6, 6.07) is 17.1. The van der Waals surface area contributed by atoms with Crippen LogP contribution in [0.2, 0.25) is 5.02 Å². The first-order chi connectivity index (χ1) is 11.7. The van der Waals surface area contributed by atoms with E-state index in [4.69, 9.17) is 20.9 Å². The van der Waals surface area contributed by atoms with Crippen LogP contribution in [0.25, 0.3) is 11.5 Å². The molecule has 0 spiro atoms. The number of hydrogen-bond acceptors (Lipinski definition) is 5. The van der Waals surface area contributed by atoms with Crippen LogP contribution >= 0.6 is 11.6 Å². The van der Waals surface area contributed by atoms with Gasteiger partial charge in [0, 0.05) is 10.6 Å². The molecule has 0 unspecified atom stereocenters. The molecule has 24 heavy (non-hydrogen) atoms. The lowest BCUT2D eigenvalue weighted by molar-refractivity contribution is 0.142. The summed E-state index contributed by atoms with van der Waals surface area (Å²) >= 11 is 5.86. The van der Waals surface area contributed by atoms with Crippen molar-refractivity contribution in [2.45, 2.75) is 13.3 Å². The average Bonchev–Trinajstić information content (AvgIpc) is 3.09. The van der Waals surface area contributed by atoms with E-state index in [1.54, 1.807) is 12.1 Å². The Morgan fingerprint density at radius 3 is 2.58 bits per heavy atom. The van der Waals surface area contributed by atoms with E-state index in [1.807, 2.05) is 49.4 Å². The Balaban J connectivity index is 1.53. The van der Waals surface area contributed by atoms with Crippen LogP contribution in [0.15, 0.2) is 64.2 Å². The fourth-order valence-corrected chi connectivity index (χ4v) is 2.20. The number of aromatic nitrogens is 2. The predicted molar refractivity (Wildman–Crippen MR) is 93.1 cm³/mol. The number of halogens is 1. The van der Waals surface area contributed by atoms with Gasteiger partial charge in [-0.15, -0.1) is 10.2 Å². The van der Waals surface area contributed by atoms with Gasteiger partial charge < -0.3 is 9.25 Å². The third-order valence-electron chi connectivity index (χ3n) is 3.36. The minimum Gasteiger partial charge on any atom is -0.421 e. The summed E-state index contributed by atoms with van der Waals surface area (Å²) in [4.78, 5) is 5.33. The fraction of sp³-hybridized carbons (Fsp3) is 0.167. The molecule has 0 aliphatic rings. The Bertz CT molecular complexity index is 814. The third-order valence-corrected chi connectivity index (χ3v) is 3.61. The van der Waals surface area contributed by atoms with Crippen LogP contribution in [0.4, 0.5) is 0 Å². The molecule has 0 amide bonds. The molecule has 0 saturated carbocycles.